The Bertz CT molecular complexity index is 1540. The molecule has 6 rings (SSSR count). The van der Waals surface area contributed by atoms with Crippen molar-refractivity contribution in [3.8, 4) is 0 Å². The van der Waals surface area contributed by atoms with Crippen molar-refractivity contribution in [2.24, 2.45) is 50.2 Å². The lowest BCUT2D eigenvalue weighted by molar-refractivity contribution is -0.328. The van der Waals surface area contributed by atoms with Crippen LogP contribution in [0.15, 0.2) is 23.3 Å². The summed E-state index contributed by atoms with van der Waals surface area (Å²) >= 11 is 0. The Morgan fingerprint density at radius 1 is 0.907 bits per heavy atom. The van der Waals surface area contributed by atoms with Crippen molar-refractivity contribution >= 4 is 11.9 Å². The van der Waals surface area contributed by atoms with E-state index in [9.17, 15) is 50.4 Å². The summed E-state index contributed by atoms with van der Waals surface area (Å²) in [5.41, 5.74) is -2.46. The van der Waals surface area contributed by atoms with Crippen LogP contribution in [0.25, 0.3) is 0 Å². The molecule has 4 saturated carbocycles. The number of aliphatic hydroxyl groups is 7. The smallest absolute Gasteiger partial charge is 0.335 e. The van der Waals surface area contributed by atoms with Gasteiger partial charge in [-0.1, -0.05) is 59.3 Å². The molecule has 0 radical (unpaired) electrons. The fourth-order valence-corrected chi connectivity index (χ4v) is 13.0. The summed E-state index contributed by atoms with van der Waals surface area (Å²) in [6, 6.07) is 0. The molecule has 0 spiro atoms. The number of esters is 1. The van der Waals surface area contributed by atoms with Crippen molar-refractivity contribution in [1.82, 2.24) is 0 Å². The second-order valence-electron chi connectivity index (χ2n) is 19.3. The standard InChI is InChI=1S/C41H64O13/c1-9-20(2)34(51)54-32-31(48)41(19-43)22(16-36(32,3)4)21-10-11-24-37(5)14-13-26(52-35-29(47)27(45)28(46)30(53-35)33(49)50)38(6,18-42)23(37)12-15-39(24,7)40(21,8)17-25(41)44/h9-10,22-32,35,42-48H,11-19H2,1-8H3,(H,49,50)/b20-9+/t22?,23?,24-,25+,26+,27+,28+,29-,30+,31+,32+,35-,37+,38+,39-,40-,41+/m1/s1. The fourth-order valence-electron chi connectivity index (χ4n) is 13.0. The summed E-state index contributed by atoms with van der Waals surface area (Å²) in [6.07, 6.45) is -4.63. The highest BCUT2D eigenvalue weighted by Crippen LogP contribution is 2.76. The Morgan fingerprint density at radius 3 is 2.17 bits per heavy atom. The molecular formula is C41H64O13. The number of hydrogen-bond donors (Lipinski definition) is 8. The average Bonchev–Trinajstić information content (AvgIpc) is 3.10. The summed E-state index contributed by atoms with van der Waals surface area (Å²) in [5.74, 6) is -2.35. The Labute approximate surface area is 318 Å². The first-order valence-electron chi connectivity index (χ1n) is 19.8. The van der Waals surface area contributed by atoms with E-state index in [2.05, 4.69) is 26.8 Å². The normalized spacial score (nSPS) is 51.5. The van der Waals surface area contributed by atoms with Crippen LogP contribution in [-0.2, 0) is 23.8 Å². The summed E-state index contributed by atoms with van der Waals surface area (Å²) in [5, 5.41) is 87.7. The molecule has 8 N–H and O–H groups in total. The second kappa shape index (κ2) is 13.9. The first-order valence-corrected chi connectivity index (χ1v) is 19.8. The van der Waals surface area contributed by atoms with Crippen LogP contribution in [0.5, 0.6) is 0 Å². The van der Waals surface area contributed by atoms with Crippen LogP contribution < -0.4 is 0 Å². The second-order valence-corrected chi connectivity index (χ2v) is 19.3. The monoisotopic (exact) mass is 764 g/mol. The zero-order valence-corrected chi connectivity index (χ0v) is 33.1. The van der Waals surface area contributed by atoms with Gasteiger partial charge in [-0.15, -0.1) is 0 Å². The minimum absolute atomic E-state index is 0.0616. The van der Waals surface area contributed by atoms with Gasteiger partial charge in [0.15, 0.2) is 12.4 Å². The van der Waals surface area contributed by atoms with Crippen LogP contribution in [0, 0.1) is 50.2 Å². The Morgan fingerprint density at radius 2 is 1.57 bits per heavy atom. The lowest BCUT2D eigenvalue weighted by Crippen LogP contribution is -2.72. The Kier molecular flexibility index (Phi) is 10.7. The number of aliphatic carboxylic acids is 1. The number of hydrogen-bond acceptors (Lipinski definition) is 12. The minimum atomic E-state index is -1.84. The molecule has 1 heterocycles. The SMILES string of the molecule is C/C=C(\C)C(=O)O[C@H]1[C@H](O)[C@@]2(CO)C(CC1(C)C)C1=CC[C@@H]3[C@@]4(C)CC[C@H](O[C@@H]5O[C@H](C(=O)O)[C@@H](O)[C@H](O)[C@H]5O)[C@@](C)(CO)C4CC[C@@]3(C)[C@]1(C)C[C@@H]2O. The van der Waals surface area contributed by atoms with Gasteiger partial charge in [-0.25, -0.2) is 9.59 Å². The van der Waals surface area contributed by atoms with Crippen molar-refractivity contribution in [2.75, 3.05) is 13.2 Å². The van der Waals surface area contributed by atoms with E-state index in [1.54, 1.807) is 19.9 Å². The molecule has 2 unspecified atom stereocenters. The van der Waals surface area contributed by atoms with Gasteiger partial charge in [0.05, 0.1) is 30.8 Å². The first kappa shape index (κ1) is 41.7. The number of ether oxygens (including phenoxy) is 3. The Balaban J connectivity index is 1.32. The Hall–Kier alpha value is -1.94. The summed E-state index contributed by atoms with van der Waals surface area (Å²) < 4.78 is 17.7. The lowest BCUT2D eigenvalue weighted by atomic mass is 9.33. The molecule has 6 aliphatic rings. The highest BCUT2D eigenvalue weighted by atomic mass is 16.7. The first-order chi connectivity index (χ1) is 25.0. The summed E-state index contributed by atoms with van der Waals surface area (Å²) in [7, 11) is 0. The molecule has 13 nitrogen and oxygen atoms in total. The minimum Gasteiger partial charge on any atom is -0.479 e. The number of carboxylic acids is 1. The lowest BCUT2D eigenvalue weighted by Gasteiger charge is -2.72. The van der Waals surface area contributed by atoms with Gasteiger partial charge in [0.2, 0.25) is 0 Å². The average molecular weight is 765 g/mol. The third-order valence-electron chi connectivity index (χ3n) is 16.6. The van der Waals surface area contributed by atoms with E-state index in [0.717, 1.165) is 12.0 Å². The van der Waals surface area contributed by atoms with Gasteiger partial charge in [0, 0.05) is 16.4 Å². The van der Waals surface area contributed by atoms with E-state index in [4.69, 9.17) is 14.2 Å². The zero-order valence-electron chi connectivity index (χ0n) is 33.1. The highest BCUT2D eigenvalue weighted by molar-refractivity contribution is 5.87. The topological polar surface area (TPSA) is 224 Å². The number of fused-ring (bicyclic) bond motifs is 7. The predicted octanol–water partition coefficient (Wildman–Crippen LogP) is 2.46. The number of carbonyl (C=O) groups is 2. The molecule has 0 aromatic rings. The van der Waals surface area contributed by atoms with Crippen molar-refractivity contribution in [1.29, 1.82) is 0 Å². The van der Waals surface area contributed by atoms with Crippen LogP contribution in [0.2, 0.25) is 0 Å². The molecule has 0 amide bonds. The maximum Gasteiger partial charge on any atom is 0.335 e. The van der Waals surface area contributed by atoms with Crippen molar-refractivity contribution in [3.63, 3.8) is 0 Å². The van der Waals surface area contributed by atoms with Crippen LogP contribution in [0.1, 0.15) is 100 Å². The van der Waals surface area contributed by atoms with E-state index in [-0.39, 0.29) is 35.2 Å². The zero-order chi connectivity index (χ0) is 40.1. The van der Waals surface area contributed by atoms with Gasteiger partial charge in [0.25, 0.3) is 0 Å². The van der Waals surface area contributed by atoms with Gasteiger partial charge >= 0.3 is 11.9 Å². The van der Waals surface area contributed by atoms with E-state index in [1.165, 1.54) is 0 Å². The molecule has 1 aliphatic heterocycles. The van der Waals surface area contributed by atoms with Gasteiger partial charge in [-0.05, 0) is 92.8 Å². The molecule has 54 heavy (non-hydrogen) atoms. The number of rotatable bonds is 7. The van der Waals surface area contributed by atoms with E-state index < -0.39 is 95.3 Å². The van der Waals surface area contributed by atoms with Crippen LogP contribution in [-0.4, -0.2) is 121 Å². The van der Waals surface area contributed by atoms with Crippen LogP contribution in [0.3, 0.4) is 0 Å². The van der Waals surface area contributed by atoms with Crippen LogP contribution in [0.4, 0.5) is 0 Å². The third kappa shape index (κ3) is 5.65. The van der Waals surface area contributed by atoms with Gasteiger partial charge in [0.1, 0.15) is 30.5 Å². The number of carbonyl (C=O) groups excluding carboxylic acids is 1. The van der Waals surface area contributed by atoms with Crippen molar-refractivity contribution < 1.29 is 64.7 Å². The van der Waals surface area contributed by atoms with E-state index in [1.807, 2.05) is 20.8 Å². The fraction of sp³-hybridized carbons (Fsp3) is 0.854. The highest BCUT2D eigenvalue weighted by Gasteiger charge is 2.73. The molecular weight excluding hydrogens is 700 g/mol. The van der Waals surface area contributed by atoms with Crippen molar-refractivity contribution in [3.05, 3.63) is 23.3 Å². The van der Waals surface area contributed by atoms with Crippen LogP contribution >= 0.6 is 0 Å². The van der Waals surface area contributed by atoms with Crippen molar-refractivity contribution in [2.45, 2.75) is 155 Å². The molecule has 5 aliphatic carbocycles. The van der Waals surface area contributed by atoms with E-state index in [0.29, 0.717) is 44.1 Å². The molecule has 17 atom stereocenters. The number of carboxylic acid groups (broad SMARTS) is 1. The summed E-state index contributed by atoms with van der Waals surface area (Å²) in [4.78, 5) is 24.8. The maximum atomic E-state index is 13.0. The predicted molar refractivity (Wildman–Crippen MR) is 194 cm³/mol. The molecule has 0 bridgehead atoms. The summed E-state index contributed by atoms with van der Waals surface area (Å²) in [6.45, 7) is 15.4. The van der Waals surface area contributed by atoms with Gasteiger partial charge in [-0.3, -0.25) is 0 Å². The maximum absolute atomic E-state index is 13.0. The number of allylic oxidation sites excluding steroid dienone is 3. The molecule has 5 fully saturated rings. The molecule has 13 heteroatoms. The molecule has 306 valence electrons. The quantitative estimate of drug-likeness (QED) is 0.0809. The van der Waals surface area contributed by atoms with Gasteiger partial charge < -0.3 is 55.1 Å². The number of aliphatic hydroxyl groups excluding tert-OH is 7. The largest absolute Gasteiger partial charge is 0.479 e. The van der Waals surface area contributed by atoms with E-state index >= 15 is 0 Å². The third-order valence-corrected chi connectivity index (χ3v) is 16.6. The van der Waals surface area contributed by atoms with Gasteiger partial charge in [-0.2, -0.15) is 0 Å². The molecule has 1 saturated heterocycles. The molecule has 0 aromatic heterocycles. The molecule has 0 aromatic carbocycles.